The van der Waals surface area contributed by atoms with E-state index in [2.05, 4.69) is 4.98 Å². The molecule has 1 amide bonds. The molecule has 1 aromatic carbocycles. The highest BCUT2D eigenvalue weighted by Crippen LogP contribution is 2.36. The lowest BCUT2D eigenvalue weighted by Gasteiger charge is -2.13. The van der Waals surface area contributed by atoms with E-state index in [1.54, 1.807) is 18.3 Å². The van der Waals surface area contributed by atoms with Crippen LogP contribution in [0.2, 0.25) is 0 Å². The third-order valence-electron chi connectivity index (χ3n) is 4.56. The first-order valence-electron chi connectivity index (χ1n) is 10.3. The summed E-state index contributed by atoms with van der Waals surface area (Å²) in [4.78, 5) is 31.5. The van der Waals surface area contributed by atoms with Gasteiger partial charge in [0, 0.05) is 23.2 Å². The zero-order valence-corrected chi connectivity index (χ0v) is 19.2. The van der Waals surface area contributed by atoms with E-state index in [1.807, 2.05) is 42.7 Å². The molecule has 0 saturated heterocycles. The highest BCUT2D eigenvalue weighted by molar-refractivity contribution is 7.99. The summed E-state index contributed by atoms with van der Waals surface area (Å²) in [7, 11) is 0. The number of hydrogen-bond acceptors (Lipinski definition) is 8. The number of nitro benzene ring substituents is 1. The van der Waals surface area contributed by atoms with Crippen LogP contribution in [0.4, 0.5) is 10.5 Å². The molecule has 0 unspecified atom stereocenters. The number of hydrogen-bond donors (Lipinski definition) is 1. The van der Waals surface area contributed by atoms with Crippen LogP contribution in [-0.2, 0) is 22.6 Å². The van der Waals surface area contributed by atoms with Crippen molar-refractivity contribution in [2.75, 3.05) is 13.2 Å². The molecule has 3 rings (SSSR count). The number of nitrogens with two attached hydrogens (primary N) is 1. The molecule has 0 spiro atoms. The highest BCUT2D eigenvalue weighted by Gasteiger charge is 2.22. The van der Waals surface area contributed by atoms with Gasteiger partial charge in [0.25, 0.3) is 5.69 Å². The van der Waals surface area contributed by atoms with Gasteiger partial charge in [-0.2, -0.15) is 0 Å². The lowest BCUT2D eigenvalue weighted by atomic mass is 10.1. The number of primary amides is 1. The van der Waals surface area contributed by atoms with Crippen LogP contribution in [0.1, 0.15) is 37.0 Å². The summed E-state index contributed by atoms with van der Waals surface area (Å²) in [6.07, 6.45) is 0.869. The summed E-state index contributed by atoms with van der Waals surface area (Å²) >= 11 is 1.42. The molecule has 174 valence electrons. The molecule has 0 aliphatic heterocycles. The van der Waals surface area contributed by atoms with E-state index in [1.165, 1.54) is 17.8 Å². The normalized spacial score (nSPS) is 11.0. The second-order valence-electron chi connectivity index (χ2n) is 7.36. The standard InChI is InChI=1S/C22H25N5O5S/c1-15(2)20-21(33-18-8-5-7-17(12-18)27(29)30)26(13-16-6-3-4-9-24-16)19(25-20)14-31-10-11-32-22(23)28/h3-9,12,15H,10-11,13-14H2,1-2H3,(H2,23,28). The number of aromatic nitrogens is 3. The Morgan fingerprint density at radius 1 is 1.24 bits per heavy atom. The number of benzene rings is 1. The molecule has 0 bridgehead atoms. The number of carbonyl (C=O) groups excluding carboxylic acids is 1. The number of imidazole rings is 1. The maximum Gasteiger partial charge on any atom is 0.404 e. The number of ether oxygens (including phenoxy) is 2. The predicted molar refractivity (Wildman–Crippen MR) is 122 cm³/mol. The Balaban J connectivity index is 1.94. The van der Waals surface area contributed by atoms with Crippen LogP contribution in [0.25, 0.3) is 0 Å². The van der Waals surface area contributed by atoms with Crippen molar-refractivity contribution in [2.45, 2.75) is 42.8 Å². The second-order valence-corrected chi connectivity index (χ2v) is 8.42. The fraction of sp³-hybridized carbons (Fsp3) is 0.318. The Morgan fingerprint density at radius 2 is 2.06 bits per heavy atom. The number of pyridine rings is 1. The van der Waals surface area contributed by atoms with Crippen LogP contribution in [0.5, 0.6) is 0 Å². The van der Waals surface area contributed by atoms with Gasteiger partial charge in [-0.15, -0.1) is 0 Å². The quantitative estimate of drug-likeness (QED) is 0.251. The lowest BCUT2D eigenvalue weighted by molar-refractivity contribution is -0.385. The minimum Gasteiger partial charge on any atom is -0.447 e. The fourth-order valence-corrected chi connectivity index (χ4v) is 4.27. The van der Waals surface area contributed by atoms with Crippen LogP contribution < -0.4 is 5.73 Å². The number of amides is 1. The molecular weight excluding hydrogens is 446 g/mol. The first-order chi connectivity index (χ1) is 15.8. The summed E-state index contributed by atoms with van der Waals surface area (Å²) in [5.74, 6) is 0.782. The van der Waals surface area contributed by atoms with Gasteiger partial charge < -0.3 is 19.8 Å². The Hall–Kier alpha value is -3.44. The van der Waals surface area contributed by atoms with Crippen LogP contribution in [0.15, 0.2) is 58.6 Å². The first-order valence-corrected chi connectivity index (χ1v) is 11.1. The van der Waals surface area contributed by atoms with Gasteiger partial charge in [0.15, 0.2) is 0 Å². The van der Waals surface area contributed by atoms with Crippen molar-refractivity contribution in [3.05, 3.63) is 76.0 Å². The summed E-state index contributed by atoms with van der Waals surface area (Å²) in [5, 5.41) is 12.1. The van der Waals surface area contributed by atoms with Gasteiger partial charge in [0.2, 0.25) is 0 Å². The smallest absolute Gasteiger partial charge is 0.404 e. The van der Waals surface area contributed by atoms with E-state index in [4.69, 9.17) is 20.2 Å². The molecular formula is C22H25N5O5S. The SMILES string of the molecule is CC(C)c1nc(COCCOC(N)=O)n(Cc2ccccn2)c1Sc1cccc([N+](=O)[O-])c1. The van der Waals surface area contributed by atoms with Gasteiger partial charge >= 0.3 is 6.09 Å². The Bertz CT molecular complexity index is 1100. The fourth-order valence-electron chi connectivity index (χ4n) is 3.05. The molecule has 0 fully saturated rings. The lowest BCUT2D eigenvalue weighted by Crippen LogP contribution is -2.17. The summed E-state index contributed by atoms with van der Waals surface area (Å²) in [6.45, 7) is 4.93. The van der Waals surface area contributed by atoms with Gasteiger partial charge in [0.05, 0.1) is 29.5 Å². The molecule has 0 aliphatic carbocycles. The number of nitrogens with zero attached hydrogens (tertiary/aromatic N) is 4. The van der Waals surface area contributed by atoms with Crippen molar-refractivity contribution in [1.82, 2.24) is 14.5 Å². The minimum atomic E-state index is -0.854. The Kier molecular flexibility index (Phi) is 8.39. The molecule has 3 aromatic rings. The molecule has 0 saturated carbocycles. The topological polar surface area (TPSA) is 135 Å². The molecule has 0 aliphatic rings. The van der Waals surface area contributed by atoms with Gasteiger partial charge in [-0.1, -0.05) is 37.7 Å². The monoisotopic (exact) mass is 471 g/mol. The number of carbonyl (C=O) groups is 1. The van der Waals surface area contributed by atoms with Gasteiger partial charge in [-0.05, 0) is 24.1 Å². The zero-order chi connectivity index (χ0) is 23.8. The minimum absolute atomic E-state index is 0.0277. The largest absolute Gasteiger partial charge is 0.447 e. The van der Waals surface area contributed by atoms with Gasteiger partial charge in [0.1, 0.15) is 24.1 Å². The maximum atomic E-state index is 11.2. The third-order valence-corrected chi connectivity index (χ3v) is 5.68. The molecule has 2 heterocycles. The zero-order valence-electron chi connectivity index (χ0n) is 18.3. The van der Waals surface area contributed by atoms with Crippen LogP contribution >= 0.6 is 11.8 Å². The molecule has 0 radical (unpaired) electrons. The number of rotatable bonds is 11. The number of non-ortho nitro benzene ring substituents is 1. The van der Waals surface area contributed by atoms with E-state index >= 15 is 0 Å². The van der Waals surface area contributed by atoms with Crippen molar-refractivity contribution < 1.29 is 19.2 Å². The molecule has 33 heavy (non-hydrogen) atoms. The van der Waals surface area contributed by atoms with Crippen molar-refractivity contribution >= 4 is 23.5 Å². The van der Waals surface area contributed by atoms with E-state index in [9.17, 15) is 14.9 Å². The summed E-state index contributed by atoms with van der Waals surface area (Å²) in [6, 6.07) is 12.2. The third kappa shape index (κ3) is 6.77. The van der Waals surface area contributed by atoms with E-state index in [-0.39, 0.29) is 31.4 Å². The predicted octanol–water partition coefficient (Wildman–Crippen LogP) is 4.12. The van der Waals surface area contributed by atoms with E-state index in [0.29, 0.717) is 12.4 Å². The summed E-state index contributed by atoms with van der Waals surface area (Å²) in [5.41, 5.74) is 6.69. The van der Waals surface area contributed by atoms with Gasteiger partial charge in [-0.3, -0.25) is 15.1 Å². The number of nitro groups is 1. The maximum absolute atomic E-state index is 11.2. The Morgan fingerprint density at radius 3 is 2.73 bits per heavy atom. The summed E-state index contributed by atoms with van der Waals surface area (Å²) < 4.78 is 12.4. The molecule has 2 aromatic heterocycles. The van der Waals surface area contributed by atoms with Crippen molar-refractivity contribution in [2.24, 2.45) is 5.73 Å². The Labute approximate surface area is 195 Å². The van der Waals surface area contributed by atoms with E-state index < -0.39 is 11.0 Å². The average molecular weight is 472 g/mol. The molecule has 10 nitrogen and oxygen atoms in total. The van der Waals surface area contributed by atoms with Crippen molar-refractivity contribution in [3.8, 4) is 0 Å². The average Bonchev–Trinajstić information content (AvgIpc) is 3.11. The molecule has 0 atom stereocenters. The highest BCUT2D eigenvalue weighted by atomic mass is 32.2. The second kappa shape index (κ2) is 11.4. The molecule has 2 N–H and O–H groups in total. The first kappa shape index (κ1) is 24.2. The van der Waals surface area contributed by atoms with Crippen molar-refractivity contribution in [1.29, 1.82) is 0 Å². The van der Waals surface area contributed by atoms with Crippen LogP contribution in [-0.4, -0.2) is 38.8 Å². The van der Waals surface area contributed by atoms with E-state index in [0.717, 1.165) is 21.3 Å². The van der Waals surface area contributed by atoms with Gasteiger partial charge in [-0.25, -0.2) is 9.78 Å². The van der Waals surface area contributed by atoms with Crippen LogP contribution in [0.3, 0.4) is 0 Å². The van der Waals surface area contributed by atoms with Crippen molar-refractivity contribution in [3.63, 3.8) is 0 Å². The molecule has 11 heteroatoms. The van der Waals surface area contributed by atoms with Crippen LogP contribution in [0, 0.1) is 10.1 Å².